The summed E-state index contributed by atoms with van der Waals surface area (Å²) in [6.07, 6.45) is 0.763. The number of urea groups is 1. The highest BCUT2D eigenvalue weighted by Gasteiger charge is 2.08. The van der Waals surface area contributed by atoms with Gasteiger partial charge in [0.25, 0.3) is 0 Å². The molecule has 0 unspecified atom stereocenters. The maximum atomic E-state index is 11.9. The summed E-state index contributed by atoms with van der Waals surface area (Å²) in [6, 6.07) is 14.7. The Morgan fingerprint density at radius 1 is 1.04 bits per heavy atom. The lowest BCUT2D eigenvalue weighted by atomic mass is 10.1. The fourth-order valence-electron chi connectivity index (χ4n) is 2.20. The Morgan fingerprint density at radius 2 is 1.79 bits per heavy atom. The highest BCUT2D eigenvalue weighted by atomic mass is 16.5. The fraction of sp³-hybridized carbons (Fsp3) is 0.222. The number of nitrogens with one attached hydrogen (secondary N) is 3. The third kappa shape index (κ3) is 5.31. The third-order valence-corrected chi connectivity index (χ3v) is 3.31. The molecule has 24 heavy (non-hydrogen) atoms. The van der Waals surface area contributed by atoms with Crippen molar-refractivity contribution in [2.75, 3.05) is 24.3 Å². The molecule has 0 bridgehead atoms. The minimum Gasteiger partial charge on any atom is -0.494 e. The number of amides is 3. The Hall–Kier alpha value is -3.02. The number of hydrogen-bond donors (Lipinski definition) is 3. The van der Waals surface area contributed by atoms with E-state index in [0.29, 0.717) is 23.7 Å². The molecule has 2 aromatic rings. The molecule has 2 rings (SSSR count). The zero-order chi connectivity index (χ0) is 17.4. The SMILES string of the molecule is COc1cc(NC(=O)NCCc2ccccc2)ccc1NC(C)=O. The monoisotopic (exact) mass is 327 g/mol. The number of benzene rings is 2. The summed E-state index contributed by atoms with van der Waals surface area (Å²) in [4.78, 5) is 23.1. The topological polar surface area (TPSA) is 79.5 Å². The van der Waals surface area contributed by atoms with Crippen molar-refractivity contribution in [1.29, 1.82) is 0 Å². The normalized spacial score (nSPS) is 9.92. The van der Waals surface area contributed by atoms with Crippen molar-refractivity contribution in [2.24, 2.45) is 0 Å². The van der Waals surface area contributed by atoms with Crippen LogP contribution in [0.2, 0.25) is 0 Å². The van der Waals surface area contributed by atoms with Gasteiger partial charge in [0.15, 0.2) is 0 Å². The summed E-state index contributed by atoms with van der Waals surface area (Å²) in [5, 5.41) is 8.21. The zero-order valence-corrected chi connectivity index (χ0v) is 13.8. The highest BCUT2D eigenvalue weighted by Crippen LogP contribution is 2.27. The summed E-state index contributed by atoms with van der Waals surface area (Å²) < 4.78 is 5.22. The molecule has 6 nitrogen and oxygen atoms in total. The third-order valence-electron chi connectivity index (χ3n) is 3.31. The summed E-state index contributed by atoms with van der Waals surface area (Å²) in [6.45, 7) is 1.96. The molecule has 0 atom stereocenters. The van der Waals surface area contributed by atoms with E-state index in [1.165, 1.54) is 19.6 Å². The molecule has 0 fully saturated rings. The minimum absolute atomic E-state index is 0.187. The van der Waals surface area contributed by atoms with E-state index in [4.69, 9.17) is 4.74 Å². The number of ether oxygens (including phenoxy) is 1. The van der Waals surface area contributed by atoms with Crippen LogP contribution >= 0.6 is 0 Å². The first kappa shape index (κ1) is 17.3. The molecule has 6 heteroatoms. The smallest absolute Gasteiger partial charge is 0.319 e. The van der Waals surface area contributed by atoms with Crippen molar-refractivity contribution in [3.05, 3.63) is 54.1 Å². The van der Waals surface area contributed by atoms with Crippen molar-refractivity contribution in [3.8, 4) is 5.75 Å². The van der Waals surface area contributed by atoms with Gasteiger partial charge in [-0.15, -0.1) is 0 Å². The Kier molecular flexibility index (Phi) is 6.19. The van der Waals surface area contributed by atoms with Gasteiger partial charge in [-0.25, -0.2) is 4.79 Å². The Balaban J connectivity index is 1.88. The molecule has 3 N–H and O–H groups in total. The molecule has 3 amide bonds. The van der Waals surface area contributed by atoms with Gasteiger partial charge >= 0.3 is 6.03 Å². The largest absolute Gasteiger partial charge is 0.494 e. The Bertz CT molecular complexity index is 702. The Labute approximate surface area is 141 Å². The van der Waals surface area contributed by atoms with Crippen LogP contribution in [0.4, 0.5) is 16.2 Å². The van der Waals surface area contributed by atoms with E-state index >= 15 is 0 Å². The maximum absolute atomic E-state index is 11.9. The van der Waals surface area contributed by atoms with Crippen molar-refractivity contribution in [1.82, 2.24) is 5.32 Å². The summed E-state index contributed by atoms with van der Waals surface area (Å²) in [5.74, 6) is 0.292. The van der Waals surface area contributed by atoms with E-state index in [-0.39, 0.29) is 11.9 Å². The molecule has 0 heterocycles. The lowest BCUT2D eigenvalue weighted by Crippen LogP contribution is -2.30. The molecule has 2 aromatic carbocycles. The van der Waals surface area contributed by atoms with Gasteiger partial charge < -0.3 is 20.7 Å². The van der Waals surface area contributed by atoms with Gasteiger partial charge in [-0.2, -0.15) is 0 Å². The predicted molar refractivity (Wildman–Crippen MR) is 94.5 cm³/mol. The van der Waals surface area contributed by atoms with Gasteiger partial charge in [0.05, 0.1) is 12.8 Å². The summed E-state index contributed by atoms with van der Waals surface area (Å²) in [7, 11) is 1.50. The van der Waals surface area contributed by atoms with Crippen LogP contribution in [0.1, 0.15) is 12.5 Å². The second kappa shape index (κ2) is 8.57. The second-order valence-electron chi connectivity index (χ2n) is 5.21. The maximum Gasteiger partial charge on any atom is 0.319 e. The van der Waals surface area contributed by atoms with Gasteiger partial charge in [0, 0.05) is 25.2 Å². The number of carbonyl (C=O) groups is 2. The lowest BCUT2D eigenvalue weighted by Gasteiger charge is -2.12. The minimum atomic E-state index is -0.291. The van der Waals surface area contributed by atoms with E-state index in [9.17, 15) is 9.59 Å². The van der Waals surface area contributed by atoms with Crippen LogP contribution in [-0.2, 0) is 11.2 Å². The van der Waals surface area contributed by atoms with Crippen LogP contribution < -0.4 is 20.7 Å². The number of anilines is 2. The molecular weight excluding hydrogens is 306 g/mol. The number of hydrogen-bond acceptors (Lipinski definition) is 3. The van der Waals surface area contributed by atoms with Gasteiger partial charge in [-0.05, 0) is 24.1 Å². The molecule has 0 saturated carbocycles. The van der Waals surface area contributed by atoms with Crippen LogP contribution in [-0.4, -0.2) is 25.6 Å². The Morgan fingerprint density at radius 3 is 2.46 bits per heavy atom. The first-order valence-electron chi connectivity index (χ1n) is 7.63. The average molecular weight is 327 g/mol. The molecule has 0 radical (unpaired) electrons. The second-order valence-corrected chi connectivity index (χ2v) is 5.21. The van der Waals surface area contributed by atoms with Crippen LogP contribution in [0.5, 0.6) is 5.75 Å². The van der Waals surface area contributed by atoms with Gasteiger partial charge in [-0.3, -0.25) is 4.79 Å². The van der Waals surface area contributed by atoms with Crippen LogP contribution in [0.15, 0.2) is 48.5 Å². The number of carbonyl (C=O) groups excluding carboxylic acids is 2. The van der Waals surface area contributed by atoms with E-state index in [1.54, 1.807) is 18.2 Å². The van der Waals surface area contributed by atoms with Crippen molar-refractivity contribution < 1.29 is 14.3 Å². The molecule has 0 aromatic heterocycles. The van der Waals surface area contributed by atoms with E-state index in [0.717, 1.165) is 6.42 Å². The first-order chi connectivity index (χ1) is 11.6. The van der Waals surface area contributed by atoms with Crippen LogP contribution in [0, 0.1) is 0 Å². The van der Waals surface area contributed by atoms with Crippen molar-refractivity contribution in [2.45, 2.75) is 13.3 Å². The van der Waals surface area contributed by atoms with Gasteiger partial charge in [-0.1, -0.05) is 30.3 Å². The van der Waals surface area contributed by atoms with E-state index in [1.807, 2.05) is 30.3 Å². The molecule has 0 aliphatic carbocycles. The molecular formula is C18H21N3O3. The van der Waals surface area contributed by atoms with Crippen molar-refractivity contribution >= 4 is 23.3 Å². The fourth-order valence-corrected chi connectivity index (χ4v) is 2.20. The first-order valence-corrected chi connectivity index (χ1v) is 7.63. The zero-order valence-electron chi connectivity index (χ0n) is 13.8. The van der Waals surface area contributed by atoms with Gasteiger partial charge in [0.2, 0.25) is 5.91 Å². The molecule has 126 valence electrons. The quantitative estimate of drug-likeness (QED) is 0.763. The summed E-state index contributed by atoms with van der Waals surface area (Å²) >= 11 is 0. The molecule has 0 spiro atoms. The number of rotatable bonds is 6. The lowest BCUT2D eigenvalue weighted by molar-refractivity contribution is -0.114. The highest BCUT2D eigenvalue weighted by molar-refractivity contribution is 5.93. The number of methoxy groups -OCH3 is 1. The van der Waals surface area contributed by atoms with E-state index in [2.05, 4.69) is 16.0 Å². The summed E-state index contributed by atoms with van der Waals surface area (Å²) in [5.41, 5.74) is 2.30. The molecule has 0 saturated heterocycles. The van der Waals surface area contributed by atoms with Crippen molar-refractivity contribution in [3.63, 3.8) is 0 Å². The van der Waals surface area contributed by atoms with Gasteiger partial charge in [0.1, 0.15) is 5.75 Å². The van der Waals surface area contributed by atoms with Crippen LogP contribution in [0.25, 0.3) is 0 Å². The predicted octanol–water partition coefficient (Wildman–Crippen LogP) is 3.02. The molecule has 0 aliphatic heterocycles. The average Bonchev–Trinajstić information content (AvgIpc) is 2.56. The van der Waals surface area contributed by atoms with Crippen LogP contribution in [0.3, 0.4) is 0 Å². The van der Waals surface area contributed by atoms with E-state index < -0.39 is 0 Å². The molecule has 0 aliphatic rings. The standard InChI is InChI=1S/C18H21N3O3/c1-13(22)20-16-9-8-15(12-17(16)24-2)21-18(23)19-11-10-14-6-4-3-5-7-14/h3-9,12H,10-11H2,1-2H3,(H,20,22)(H2,19,21,23).